The molecule has 19 heavy (non-hydrogen) atoms. The van der Waals surface area contributed by atoms with Gasteiger partial charge in [-0.3, -0.25) is 0 Å². The Morgan fingerprint density at radius 3 is 2.53 bits per heavy atom. The number of nitrogens with two attached hydrogens (primary N) is 1. The minimum absolute atomic E-state index is 0.148. The van der Waals surface area contributed by atoms with Crippen molar-refractivity contribution in [1.29, 1.82) is 0 Å². The van der Waals surface area contributed by atoms with Gasteiger partial charge in [0.15, 0.2) is 0 Å². The highest BCUT2D eigenvalue weighted by molar-refractivity contribution is 5.16. The van der Waals surface area contributed by atoms with Gasteiger partial charge in [0, 0.05) is 25.0 Å². The number of aryl methyl sites for hydroxylation is 2. The maximum Gasteiger partial charge on any atom is 0.0333 e. The van der Waals surface area contributed by atoms with E-state index >= 15 is 0 Å². The van der Waals surface area contributed by atoms with Crippen molar-refractivity contribution in [2.75, 3.05) is 0 Å². The molecule has 1 aromatic carbocycles. The molecule has 2 heteroatoms. The molecule has 0 saturated carbocycles. The van der Waals surface area contributed by atoms with Crippen LogP contribution in [0.25, 0.3) is 0 Å². The fourth-order valence-corrected chi connectivity index (χ4v) is 2.29. The van der Waals surface area contributed by atoms with Crippen LogP contribution in [0.2, 0.25) is 0 Å². The van der Waals surface area contributed by atoms with Crippen molar-refractivity contribution in [2.24, 2.45) is 11.7 Å². The zero-order chi connectivity index (χ0) is 13.7. The van der Waals surface area contributed by atoms with Gasteiger partial charge in [-0.15, -0.1) is 0 Å². The van der Waals surface area contributed by atoms with Crippen LogP contribution in [0.15, 0.2) is 48.8 Å². The third-order valence-corrected chi connectivity index (χ3v) is 3.60. The zero-order valence-electron chi connectivity index (χ0n) is 11.9. The first-order valence-corrected chi connectivity index (χ1v) is 7.12. The predicted molar refractivity (Wildman–Crippen MR) is 81.0 cm³/mol. The van der Waals surface area contributed by atoms with E-state index < -0.39 is 0 Å². The van der Waals surface area contributed by atoms with E-state index in [2.05, 4.69) is 67.2 Å². The van der Waals surface area contributed by atoms with Gasteiger partial charge >= 0.3 is 0 Å². The summed E-state index contributed by atoms with van der Waals surface area (Å²) in [4.78, 5) is 0. The lowest BCUT2D eigenvalue weighted by molar-refractivity contribution is 0.512. The maximum atomic E-state index is 6.16. The van der Waals surface area contributed by atoms with E-state index in [1.165, 1.54) is 11.1 Å². The van der Waals surface area contributed by atoms with Crippen LogP contribution in [0.4, 0.5) is 0 Å². The minimum Gasteiger partial charge on any atom is -0.354 e. The summed E-state index contributed by atoms with van der Waals surface area (Å²) >= 11 is 0. The second-order valence-electron chi connectivity index (χ2n) is 5.54. The smallest absolute Gasteiger partial charge is 0.0333 e. The molecule has 2 aromatic rings. The molecule has 0 spiro atoms. The molecule has 1 heterocycles. The molecule has 1 aromatic heterocycles. The Labute approximate surface area is 116 Å². The first-order valence-electron chi connectivity index (χ1n) is 7.12. The van der Waals surface area contributed by atoms with Crippen molar-refractivity contribution in [3.8, 4) is 0 Å². The van der Waals surface area contributed by atoms with Gasteiger partial charge in [0.25, 0.3) is 0 Å². The quantitative estimate of drug-likeness (QED) is 0.838. The Balaban J connectivity index is 1.84. The Morgan fingerprint density at radius 1 is 1.11 bits per heavy atom. The first-order chi connectivity index (χ1) is 9.16. The second-order valence-corrected chi connectivity index (χ2v) is 5.54. The number of benzene rings is 1. The van der Waals surface area contributed by atoms with Gasteiger partial charge in [-0.1, -0.05) is 44.2 Å². The SMILES string of the molecule is CC(C)C(N)c1ccn(CCCc2ccccc2)c1. The third kappa shape index (κ3) is 3.97. The van der Waals surface area contributed by atoms with Crippen molar-refractivity contribution in [3.63, 3.8) is 0 Å². The molecule has 1 unspecified atom stereocenters. The molecule has 0 fully saturated rings. The molecule has 2 nitrogen and oxygen atoms in total. The molecule has 0 saturated heterocycles. The van der Waals surface area contributed by atoms with Crippen LogP contribution in [0.3, 0.4) is 0 Å². The molecule has 0 aliphatic heterocycles. The molecule has 0 amide bonds. The molecule has 1 atom stereocenters. The van der Waals surface area contributed by atoms with Gasteiger partial charge < -0.3 is 10.3 Å². The second kappa shape index (κ2) is 6.58. The van der Waals surface area contributed by atoms with Gasteiger partial charge in [0.1, 0.15) is 0 Å². The molecule has 2 rings (SSSR count). The van der Waals surface area contributed by atoms with Crippen LogP contribution in [-0.2, 0) is 13.0 Å². The molecule has 0 aliphatic carbocycles. The summed E-state index contributed by atoms with van der Waals surface area (Å²) < 4.78 is 2.25. The Kier molecular flexibility index (Phi) is 4.80. The van der Waals surface area contributed by atoms with Crippen LogP contribution < -0.4 is 5.73 Å². The summed E-state index contributed by atoms with van der Waals surface area (Å²) in [5, 5.41) is 0. The van der Waals surface area contributed by atoms with Crippen LogP contribution in [-0.4, -0.2) is 4.57 Å². The molecule has 0 aliphatic rings. The van der Waals surface area contributed by atoms with E-state index in [1.807, 2.05) is 0 Å². The molecule has 2 N–H and O–H groups in total. The normalized spacial score (nSPS) is 12.8. The molecule has 102 valence electrons. The van der Waals surface area contributed by atoms with Gasteiger partial charge in [-0.25, -0.2) is 0 Å². The van der Waals surface area contributed by atoms with Crippen molar-refractivity contribution in [1.82, 2.24) is 4.57 Å². The average Bonchev–Trinajstić information content (AvgIpc) is 2.88. The summed E-state index contributed by atoms with van der Waals surface area (Å²) in [7, 11) is 0. The van der Waals surface area contributed by atoms with E-state index in [0.717, 1.165) is 19.4 Å². The van der Waals surface area contributed by atoms with Crippen LogP contribution in [0.1, 0.15) is 37.4 Å². The molecular weight excluding hydrogens is 232 g/mol. The summed E-state index contributed by atoms with van der Waals surface area (Å²) in [6, 6.07) is 12.9. The largest absolute Gasteiger partial charge is 0.354 e. The highest BCUT2D eigenvalue weighted by atomic mass is 14.9. The monoisotopic (exact) mass is 256 g/mol. The van der Waals surface area contributed by atoms with E-state index in [0.29, 0.717) is 5.92 Å². The molecule has 0 bridgehead atoms. The van der Waals surface area contributed by atoms with Gasteiger partial charge in [0.05, 0.1) is 0 Å². The highest BCUT2D eigenvalue weighted by Gasteiger charge is 2.11. The van der Waals surface area contributed by atoms with Crippen LogP contribution in [0.5, 0.6) is 0 Å². The van der Waals surface area contributed by atoms with Crippen LogP contribution in [0, 0.1) is 5.92 Å². The lowest BCUT2D eigenvalue weighted by Crippen LogP contribution is -2.15. The lowest BCUT2D eigenvalue weighted by Gasteiger charge is -2.13. The number of aromatic nitrogens is 1. The van der Waals surface area contributed by atoms with Gasteiger partial charge in [0.2, 0.25) is 0 Å². The van der Waals surface area contributed by atoms with Crippen LogP contribution >= 0.6 is 0 Å². The third-order valence-electron chi connectivity index (χ3n) is 3.60. The van der Waals surface area contributed by atoms with Gasteiger partial charge in [-0.05, 0) is 36.0 Å². The molecule has 0 radical (unpaired) electrons. The van der Waals surface area contributed by atoms with E-state index in [9.17, 15) is 0 Å². The summed E-state index contributed by atoms with van der Waals surface area (Å²) in [6.45, 7) is 5.38. The molecular formula is C17H24N2. The van der Waals surface area contributed by atoms with Crippen molar-refractivity contribution in [3.05, 3.63) is 59.9 Å². The Hall–Kier alpha value is -1.54. The zero-order valence-corrected chi connectivity index (χ0v) is 11.9. The summed E-state index contributed by atoms with van der Waals surface area (Å²) in [6.07, 6.45) is 6.62. The number of rotatable bonds is 6. The minimum atomic E-state index is 0.148. The predicted octanol–water partition coefficient (Wildman–Crippen LogP) is 3.78. The standard InChI is InChI=1S/C17H24N2/c1-14(2)17(18)16-10-12-19(13-16)11-6-9-15-7-4-3-5-8-15/h3-5,7-8,10,12-14,17H,6,9,11,18H2,1-2H3. The summed E-state index contributed by atoms with van der Waals surface area (Å²) in [5.41, 5.74) is 8.81. The van der Waals surface area contributed by atoms with Gasteiger partial charge in [-0.2, -0.15) is 0 Å². The number of hydrogen-bond acceptors (Lipinski definition) is 1. The highest BCUT2D eigenvalue weighted by Crippen LogP contribution is 2.19. The Morgan fingerprint density at radius 2 is 1.84 bits per heavy atom. The van der Waals surface area contributed by atoms with E-state index in [-0.39, 0.29) is 6.04 Å². The number of nitrogens with zero attached hydrogens (tertiary/aromatic N) is 1. The lowest BCUT2D eigenvalue weighted by atomic mass is 10.00. The first kappa shape index (κ1) is 13.9. The summed E-state index contributed by atoms with van der Waals surface area (Å²) in [5.74, 6) is 0.486. The van der Waals surface area contributed by atoms with Crippen molar-refractivity contribution >= 4 is 0 Å². The number of hydrogen-bond donors (Lipinski definition) is 1. The Bertz CT molecular complexity index is 485. The fraction of sp³-hybridized carbons (Fsp3) is 0.412. The topological polar surface area (TPSA) is 30.9 Å². The van der Waals surface area contributed by atoms with Crippen molar-refractivity contribution in [2.45, 2.75) is 39.3 Å². The maximum absolute atomic E-state index is 6.16. The average molecular weight is 256 g/mol. The fourth-order valence-electron chi connectivity index (χ4n) is 2.29. The van der Waals surface area contributed by atoms with E-state index in [4.69, 9.17) is 5.73 Å². The van der Waals surface area contributed by atoms with Crippen molar-refractivity contribution < 1.29 is 0 Å². The van der Waals surface area contributed by atoms with E-state index in [1.54, 1.807) is 0 Å².